The molecule has 1 heterocycles. The molecule has 0 aromatic carbocycles. The highest BCUT2D eigenvalue weighted by Gasteiger charge is 2.46. The lowest BCUT2D eigenvalue weighted by Gasteiger charge is -2.34. The van der Waals surface area contributed by atoms with Gasteiger partial charge in [-0.2, -0.15) is 0 Å². The third-order valence-corrected chi connectivity index (χ3v) is 2.28. The number of amides is 1. The first-order valence-electron chi connectivity index (χ1n) is 4.58. The van der Waals surface area contributed by atoms with Crippen LogP contribution >= 0.6 is 0 Å². The molecule has 1 N–H and O–H groups in total. The maximum Gasteiger partial charge on any atom is 0.290 e. The van der Waals surface area contributed by atoms with Gasteiger partial charge in [0.05, 0.1) is 5.69 Å². The van der Waals surface area contributed by atoms with Crippen LogP contribution in [0.15, 0.2) is 10.6 Å². The van der Waals surface area contributed by atoms with Crippen molar-refractivity contribution < 1.29 is 18.1 Å². The summed E-state index contributed by atoms with van der Waals surface area (Å²) in [4.78, 5) is 11.4. The fourth-order valence-electron chi connectivity index (χ4n) is 1.49. The third-order valence-electron chi connectivity index (χ3n) is 2.28. The fourth-order valence-corrected chi connectivity index (χ4v) is 1.49. The van der Waals surface area contributed by atoms with Gasteiger partial charge in [-0.3, -0.25) is 4.79 Å². The molecule has 1 aliphatic carbocycles. The summed E-state index contributed by atoms with van der Waals surface area (Å²) in [5.74, 6) is -3.06. The summed E-state index contributed by atoms with van der Waals surface area (Å²) >= 11 is 0. The van der Waals surface area contributed by atoms with Gasteiger partial charge in [-0.25, -0.2) is 8.78 Å². The Labute approximate surface area is 84.6 Å². The molecule has 4 nitrogen and oxygen atoms in total. The van der Waals surface area contributed by atoms with Crippen LogP contribution in [0.1, 0.15) is 29.1 Å². The first kappa shape index (κ1) is 10.1. The van der Waals surface area contributed by atoms with Crippen LogP contribution in [-0.4, -0.2) is 23.0 Å². The van der Waals surface area contributed by atoms with Gasteiger partial charge in [-0.15, -0.1) is 0 Å². The molecule has 0 atom stereocenters. The summed E-state index contributed by atoms with van der Waals surface area (Å²) < 4.78 is 29.6. The Kier molecular flexibility index (Phi) is 2.21. The van der Waals surface area contributed by atoms with Crippen LogP contribution in [0.4, 0.5) is 8.78 Å². The largest absolute Gasteiger partial charge is 0.351 e. The Morgan fingerprint density at radius 1 is 1.67 bits per heavy atom. The molecule has 0 spiro atoms. The highest BCUT2D eigenvalue weighted by molar-refractivity contribution is 5.91. The van der Waals surface area contributed by atoms with E-state index in [4.69, 9.17) is 4.52 Å². The molecule has 0 aliphatic heterocycles. The van der Waals surface area contributed by atoms with Crippen molar-refractivity contribution in [3.05, 3.63) is 17.5 Å². The molecule has 6 heteroatoms. The van der Waals surface area contributed by atoms with Crippen molar-refractivity contribution in [3.63, 3.8) is 0 Å². The van der Waals surface area contributed by atoms with E-state index in [1.165, 1.54) is 6.07 Å². The van der Waals surface area contributed by atoms with Crippen LogP contribution in [0.3, 0.4) is 0 Å². The molecule has 1 aromatic rings. The summed E-state index contributed by atoms with van der Waals surface area (Å²) in [7, 11) is 0. The predicted octanol–water partition coefficient (Wildman–Crippen LogP) is 1.51. The molecule has 0 radical (unpaired) electrons. The summed E-state index contributed by atoms with van der Waals surface area (Å²) in [6.45, 7) is 1.68. The number of halogens is 2. The van der Waals surface area contributed by atoms with E-state index in [1.807, 2.05) is 0 Å². The van der Waals surface area contributed by atoms with E-state index in [0.717, 1.165) is 0 Å². The van der Waals surface area contributed by atoms with Gasteiger partial charge >= 0.3 is 0 Å². The van der Waals surface area contributed by atoms with Crippen LogP contribution in [0.5, 0.6) is 0 Å². The minimum absolute atomic E-state index is 0.0581. The Bertz CT molecular complexity index is 381. The van der Waals surface area contributed by atoms with Gasteiger partial charge in [0, 0.05) is 24.9 Å². The quantitative estimate of drug-likeness (QED) is 0.815. The van der Waals surface area contributed by atoms with Gasteiger partial charge in [0.2, 0.25) is 5.76 Å². The number of rotatable bonds is 2. The smallest absolute Gasteiger partial charge is 0.290 e. The van der Waals surface area contributed by atoms with Crippen LogP contribution in [0, 0.1) is 6.92 Å². The van der Waals surface area contributed by atoms with E-state index in [0.29, 0.717) is 5.69 Å². The first-order valence-corrected chi connectivity index (χ1v) is 4.58. The zero-order valence-electron chi connectivity index (χ0n) is 8.09. The first-order chi connectivity index (χ1) is 6.96. The van der Waals surface area contributed by atoms with E-state index in [-0.39, 0.29) is 18.6 Å². The zero-order valence-corrected chi connectivity index (χ0v) is 8.09. The van der Waals surface area contributed by atoms with Crippen molar-refractivity contribution in [2.45, 2.75) is 31.7 Å². The third kappa shape index (κ3) is 2.14. The minimum atomic E-state index is -2.63. The Morgan fingerprint density at radius 3 is 2.80 bits per heavy atom. The van der Waals surface area contributed by atoms with Crippen molar-refractivity contribution in [2.24, 2.45) is 0 Å². The number of hydrogen-bond acceptors (Lipinski definition) is 3. The van der Waals surface area contributed by atoms with Crippen molar-refractivity contribution in [3.8, 4) is 0 Å². The second kappa shape index (κ2) is 3.29. The highest BCUT2D eigenvalue weighted by atomic mass is 19.3. The van der Waals surface area contributed by atoms with E-state index in [1.54, 1.807) is 6.92 Å². The number of alkyl halides is 2. The number of nitrogens with zero attached hydrogens (tertiary/aromatic N) is 1. The van der Waals surface area contributed by atoms with E-state index in [9.17, 15) is 13.6 Å². The Balaban J connectivity index is 1.89. The topological polar surface area (TPSA) is 55.1 Å². The molecule has 1 aliphatic rings. The second-order valence-electron chi connectivity index (χ2n) is 3.77. The molecule has 15 heavy (non-hydrogen) atoms. The summed E-state index contributed by atoms with van der Waals surface area (Å²) in [6.07, 6.45) is -0.599. The normalized spacial score (nSPS) is 19.7. The lowest BCUT2D eigenvalue weighted by Crippen LogP contribution is -2.50. The SMILES string of the molecule is Cc1cc(C(=O)NC2CC(F)(F)C2)on1. The Morgan fingerprint density at radius 2 is 2.33 bits per heavy atom. The summed E-state index contributed by atoms with van der Waals surface area (Å²) in [6, 6.07) is 1.00. The molecule has 0 bridgehead atoms. The van der Waals surface area contributed by atoms with Crippen molar-refractivity contribution in [1.29, 1.82) is 0 Å². The second-order valence-corrected chi connectivity index (χ2v) is 3.77. The molecule has 1 fully saturated rings. The monoisotopic (exact) mass is 216 g/mol. The van der Waals surface area contributed by atoms with Crippen LogP contribution < -0.4 is 5.32 Å². The summed E-state index contributed by atoms with van der Waals surface area (Å²) in [5.41, 5.74) is 0.582. The number of nitrogens with one attached hydrogen (secondary N) is 1. The molecule has 2 rings (SSSR count). The maximum atomic E-state index is 12.5. The van der Waals surface area contributed by atoms with E-state index < -0.39 is 17.9 Å². The number of aryl methyl sites for hydroxylation is 1. The average Bonchev–Trinajstić information content (AvgIpc) is 2.48. The van der Waals surface area contributed by atoms with Crippen molar-refractivity contribution >= 4 is 5.91 Å². The molecule has 0 unspecified atom stereocenters. The molecule has 82 valence electrons. The molecular weight excluding hydrogens is 206 g/mol. The van der Waals surface area contributed by atoms with Crippen molar-refractivity contribution in [1.82, 2.24) is 10.5 Å². The van der Waals surface area contributed by atoms with Crippen LogP contribution in [0.25, 0.3) is 0 Å². The van der Waals surface area contributed by atoms with Gasteiger partial charge in [0.25, 0.3) is 11.8 Å². The van der Waals surface area contributed by atoms with Gasteiger partial charge in [0.15, 0.2) is 0 Å². The molecule has 1 aromatic heterocycles. The number of hydrogen-bond donors (Lipinski definition) is 1. The minimum Gasteiger partial charge on any atom is -0.351 e. The zero-order chi connectivity index (χ0) is 11.1. The molecule has 1 saturated carbocycles. The summed E-state index contributed by atoms with van der Waals surface area (Å²) in [5, 5.41) is 5.98. The van der Waals surface area contributed by atoms with Gasteiger partial charge in [0.1, 0.15) is 0 Å². The predicted molar refractivity (Wildman–Crippen MR) is 46.7 cm³/mol. The van der Waals surface area contributed by atoms with Crippen LogP contribution in [0.2, 0.25) is 0 Å². The molecule has 1 amide bonds. The lowest BCUT2D eigenvalue weighted by molar-refractivity contribution is -0.0902. The maximum absolute atomic E-state index is 12.5. The van der Waals surface area contributed by atoms with Crippen LogP contribution in [-0.2, 0) is 0 Å². The van der Waals surface area contributed by atoms with E-state index in [2.05, 4.69) is 10.5 Å². The number of aromatic nitrogens is 1. The Hall–Kier alpha value is -1.46. The fraction of sp³-hybridized carbons (Fsp3) is 0.556. The number of carbonyl (C=O) groups is 1. The lowest BCUT2D eigenvalue weighted by atomic mass is 9.88. The molecular formula is C9H10F2N2O2. The van der Waals surface area contributed by atoms with Gasteiger partial charge < -0.3 is 9.84 Å². The average molecular weight is 216 g/mol. The molecule has 0 saturated heterocycles. The highest BCUT2D eigenvalue weighted by Crippen LogP contribution is 2.37. The number of carbonyl (C=O) groups excluding carboxylic acids is 1. The van der Waals surface area contributed by atoms with Gasteiger partial charge in [-0.1, -0.05) is 5.16 Å². The van der Waals surface area contributed by atoms with E-state index >= 15 is 0 Å². The standard InChI is InChI=1S/C9H10F2N2O2/c1-5-2-7(15-13-5)8(14)12-6-3-9(10,11)4-6/h2,6H,3-4H2,1H3,(H,12,14). The van der Waals surface area contributed by atoms with Gasteiger partial charge in [-0.05, 0) is 6.92 Å². The van der Waals surface area contributed by atoms with Crippen molar-refractivity contribution in [2.75, 3.05) is 0 Å².